The van der Waals surface area contributed by atoms with Crippen LogP contribution in [0.15, 0.2) is 50.6 Å². The minimum absolute atomic E-state index is 0.0633. The summed E-state index contributed by atoms with van der Waals surface area (Å²) in [5, 5.41) is 11.8. The number of aliphatic hydroxyl groups excluding tert-OH is 1. The number of carbonyl (C=O) groups is 1. The Labute approximate surface area is 258 Å². The monoisotopic (exact) mass is 732 g/mol. The summed E-state index contributed by atoms with van der Waals surface area (Å²) < 4.78 is 23.2. The zero-order valence-electron chi connectivity index (χ0n) is 24.9. The molecule has 2 aromatic rings. The van der Waals surface area contributed by atoms with Crippen LogP contribution in [0.1, 0.15) is 70.7 Å². The van der Waals surface area contributed by atoms with Gasteiger partial charge in [-0.1, -0.05) is 0 Å². The number of halogens is 1. The van der Waals surface area contributed by atoms with Gasteiger partial charge in [-0.3, -0.25) is 0 Å². The van der Waals surface area contributed by atoms with E-state index in [4.69, 9.17) is 13.0 Å². The van der Waals surface area contributed by atoms with Crippen LogP contribution in [0.25, 0.3) is 0 Å². The Morgan fingerprint density at radius 2 is 1.54 bits per heavy atom. The van der Waals surface area contributed by atoms with Crippen molar-refractivity contribution in [2.45, 2.75) is 99.5 Å². The van der Waals surface area contributed by atoms with Gasteiger partial charge in [0.25, 0.3) is 0 Å². The maximum absolute atomic E-state index is 13.8. The summed E-state index contributed by atoms with van der Waals surface area (Å²) in [5.41, 5.74) is -0.743. The van der Waals surface area contributed by atoms with Gasteiger partial charge < -0.3 is 0 Å². The number of hydrogen-bond donors (Lipinski definition) is 1. The van der Waals surface area contributed by atoms with E-state index in [1.165, 1.54) is 10.8 Å². The zero-order chi connectivity index (χ0) is 30.4. The van der Waals surface area contributed by atoms with Gasteiger partial charge in [-0.15, -0.1) is 0 Å². The first-order valence-electron chi connectivity index (χ1n) is 14.2. The topological polar surface area (TPSA) is 109 Å². The molecule has 0 spiro atoms. The van der Waals surface area contributed by atoms with Gasteiger partial charge in [0.15, 0.2) is 0 Å². The first-order chi connectivity index (χ1) is 19.2. The molecule has 1 N–H and O–H groups in total. The van der Waals surface area contributed by atoms with Gasteiger partial charge in [0.1, 0.15) is 0 Å². The standard InChI is InChI=1S/C28H41BrN2O7SeSi2/c1-16(2)40(17(3)4)36-15-22-24(37-41(38-40,18(5)6)19(7)8)23(32)27(39-22)30-14-21(29)26(34)31(28(30)35)25(33)20-12-10-9-11-13-20/h9-14,16-19,22-24,27,32H,15H2,1-8H3/t22-,23?,24?,27-/m1/s1. The molecule has 13 heteroatoms. The fourth-order valence-corrected chi connectivity index (χ4v) is 21.2. The van der Waals surface area contributed by atoms with Crippen LogP contribution in [0.2, 0.25) is 27.0 Å². The summed E-state index contributed by atoms with van der Waals surface area (Å²) in [6, 6.07) is 8.21. The van der Waals surface area contributed by atoms with Crippen molar-refractivity contribution < 1.29 is 22.9 Å². The van der Waals surface area contributed by atoms with E-state index >= 15 is 0 Å². The molecule has 0 bridgehead atoms. The fourth-order valence-electron chi connectivity index (χ4n) is 5.98. The molecule has 0 radical (unpaired) electrons. The van der Waals surface area contributed by atoms with E-state index in [0.717, 1.165) is 0 Å². The molecule has 2 fully saturated rings. The second-order valence-electron chi connectivity index (χ2n) is 12.1. The predicted octanol–water partition coefficient (Wildman–Crippen LogP) is 4.78. The molecule has 3 heterocycles. The molecule has 9 nitrogen and oxygen atoms in total. The van der Waals surface area contributed by atoms with Crippen LogP contribution in [-0.4, -0.2) is 71.0 Å². The molecule has 2 saturated heterocycles. The van der Waals surface area contributed by atoms with Crippen LogP contribution >= 0.6 is 15.9 Å². The number of benzene rings is 1. The molecule has 1 aromatic heterocycles. The van der Waals surface area contributed by atoms with Crippen LogP contribution in [-0.2, 0) is 13.0 Å². The zero-order valence-corrected chi connectivity index (χ0v) is 30.2. The van der Waals surface area contributed by atoms with E-state index < -0.39 is 51.4 Å². The first kappa shape index (κ1) is 32.8. The average Bonchev–Trinajstić information content (AvgIpc) is 3.19. The van der Waals surface area contributed by atoms with Gasteiger partial charge in [0, 0.05) is 0 Å². The molecule has 41 heavy (non-hydrogen) atoms. The maximum atomic E-state index is 13.8. The van der Waals surface area contributed by atoms with E-state index in [-0.39, 0.29) is 52.0 Å². The van der Waals surface area contributed by atoms with Gasteiger partial charge in [-0.2, -0.15) is 0 Å². The molecule has 226 valence electrons. The van der Waals surface area contributed by atoms with E-state index in [9.17, 15) is 19.5 Å². The number of nitrogens with zero attached hydrogens (tertiary/aromatic N) is 2. The van der Waals surface area contributed by atoms with Crippen molar-refractivity contribution in [3.8, 4) is 0 Å². The van der Waals surface area contributed by atoms with Crippen molar-refractivity contribution in [1.29, 1.82) is 0 Å². The number of carbonyl (C=O) groups excluding carboxylic acids is 1. The van der Waals surface area contributed by atoms with E-state index in [0.29, 0.717) is 11.2 Å². The van der Waals surface area contributed by atoms with E-state index in [1.807, 2.05) is 0 Å². The van der Waals surface area contributed by atoms with Gasteiger partial charge in [0.2, 0.25) is 0 Å². The number of fused-ring (bicyclic) bond motifs is 1. The quantitative estimate of drug-likeness (QED) is 0.426. The molecule has 2 unspecified atom stereocenters. The van der Waals surface area contributed by atoms with Crippen LogP contribution in [0.4, 0.5) is 0 Å². The first-order valence-corrected chi connectivity index (χ1v) is 20.9. The fraction of sp³-hybridized carbons (Fsp3) is 0.607. The van der Waals surface area contributed by atoms with Crippen LogP contribution in [0, 0.1) is 0 Å². The van der Waals surface area contributed by atoms with Gasteiger partial charge in [-0.05, 0) is 0 Å². The number of aromatic nitrogens is 2. The Morgan fingerprint density at radius 3 is 2.07 bits per heavy atom. The Kier molecular flexibility index (Phi) is 9.95. The number of hydrogen-bond acceptors (Lipinski definition) is 7. The molecular formula is C28H41BrN2O7SeSi2. The van der Waals surface area contributed by atoms with Gasteiger partial charge in [0.05, 0.1) is 0 Å². The summed E-state index contributed by atoms with van der Waals surface area (Å²) >= 11 is 2.90. The Morgan fingerprint density at radius 1 is 0.976 bits per heavy atom. The second-order valence-corrected chi connectivity index (χ2v) is 24.6. The molecule has 0 aliphatic carbocycles. The molecule has 4 rings (SSSR count). The molecule has 0 amide bonds. The Balaban J connectivity index is 1.81. The normalized spacial score (nSPS) is 25.9. The second kappa shape index (κ2) is 12.5. The van der Waals surface area contributed by atoms with Crippen LogP contribution < -0.4 is 11.2 Å². The van der Waals surface area contributed by atoms with Crippen molar-refractivity contribution in [3.63, 3.8) is 0 Å². The van der Waals surface area contributed by atoms with Gasteiger partial charge >= 0.3 is 259 Å². The van der Waals surface area contributed by atoms with Crippen molar-refractivity contribution >= 4 is 53.9 Å². The van der Waals surface area contributed by atoms with Crippen LogP contribution in [0.5, 0.6) is 0 Å². The van der Waals surface area contributed by atoms with E-state index in [2.05, 4.69) is 71.3 Å². The molecule has 2 aliphatic heterocycles. The van der Waals surface area contributed by atoms with Crippen LogP contribution in [0.3, 0.4) is 0 Å². The minimum atomic E-state index is -2.96. The number of aliphatic hydroxyl groups is 1. The van der Waals surface area contributed by atoms with Gasteiger partial charge in [-0.25, -0.2) is 0 Å². The molecular weight excluding hydrogens is 691 g/mol. The summed E-state index contributed by atoms with van der Waals surface area (Å²) in [7, 11) is -5.72. The third-order valence-corrected chi connectivity index (χ3v) is 22.2. The summed E-state index contributed by atoms with van der Waals surface area (Å²) in [4.78, 5) is 39.2. The number of rotatable bonds is 6. The van der Waals surface area contributed by atoms with Crippen molar-refractivity contribution in [2.75, 3.05) is 6.61 Å². The molecule has 4 atom stereocenters. The van der Waals surface area contributed by atoms with Crippen molar-refractivity contribution in [3.05, 3.63) is 67.4 Å². The Hall–Kier alpha value is -1.16. The molecule has 1 aromatic carbocycles. The van der Waals surface area contributed by atoms with E-state index in [1.54, 1.807) is 30.3 Å². The SMILES string of the molecule is CC(C)[Si]1(C(C)C)OC[C@H]2[Se][C@@H](n3cc(Br)c(=O)n(C(=O)c4ccccc4)c3=O)C(O)C2O[Si](C(C)C)(C(C)C)O1. The van der Waals surface area contributed by atoms with Crippen molar-refractivity contribution in [2.24, 2.45) is 0 Å². The third kappa shape index (κ3) is 5.74. The summed E-state index contributed by atoms with van der Waals surface area (Å²) in [6.07, 6.45) is -0.257. The molecule has 0 saturated carbocycles. The summed E-state index contributed by atoms with van der Waals surface area (Å²) in [5.74, 6) is -0.717. The predicted molar refractivity (Wildman–Crippen MR) is 167 cm³/mol. The Bertz CT molecular complexity index is 1370. The average molecular weight is 733 g/mol. The van der Waals surface area contributed by atoms with Crippen molar-refractivity contribution in [1.82, 2.24) is 9.13 Å². The third-order valence-electron chi connectivity index (χ3n) is 8.21. The molecule has 2 aliphatic rings. The summed E-state index contributed by atoms with van der Waals surface area (Å²) in [6.45, 7) is 17.5.